The minimum atomic E-state index is -3.84. The van der Waals surface area contributed by atoms with Gasteiger partial charge in [0.05, 0.1) is 28.1 Å². The van der Waals surface area contributed by atoms with E-state index in [4.69, 9.17) is 4.74 Å². The van der Waals surface area contributed by atoms with Crippen LogP contribution < -0.4 is 10.0 Å². The van der Waals surface area contributed by atoms with Crippen molar-refractivity contribution in [1.29, 1.82) is 0 Å². The zero-order chi connectivity index (χ0) is 22.4. The number of rotatable bonds is 6. The van der Waals surface area contributed by atoms with E-state index in [2.05, 4.69) is 15.1 Å². The van der Waals surface area contributed by atoms with Crippen LogP contribution in [0.3, 0.4) is 0 Å². The number of nitrogens with zero attached hydrogens (tertiary/aromatic N) is 2. The maximum Gasteiger partial charge on any atom is 0.266 e. The fourth-order valence-electron chi connectivity index (χ4n) is 3.56. The monoisotopic (exact) mass is 454 g/mol. The fraction of sp³-hybridized carbons (Fsp3) is 0.350. The largest absolute Gasteiger partial charge is 0.379 e. The Balaban J connectivity index is 1.70. The van der Waals surface area contributed by atoms with E-state index >= 15 is 0 Å². The van der Waals surface area contributed by atoms with Gasteiger partial charge in [0, 0.05) is 24.7 Å². The maximum atomic E-state index is 13.6. The van der Waals surface area contributed by atoms with Gasteiger partial charge in [0.1, 0.15) is 5.82 Å². The molecule has 31 heavy (non-hydrogen) atoms. The third kappa shape index (κ3) is 4.25. The van der Waals surface area contributed by atoms with Crippen molar-refractivity contribution in [3.63, 3.8) is 0 Å². The summed E-state index contributed by atoms with van der Waals surface area (Å²) in [5, 5.41) is 7.67. The third-order valence-electron chi connectivity index (χ3n) is 5.23. The first-order valence-corrected chi connectivity index (χ1v) is 11.0. The van der Waals surface area contributed by atoms with Crippen LogP contribution in [0.1, 0.15) is 25.3 Å². The van der Waals surface area contributed by atoms with Crippen LogP contribution in [0, 0.1) is 5.82 Å². The summed E-state index contributed by atoms with van der Waals surface area (Å²) < 4.78 is 75.0. The minimum Gasteiger partial charge on any atom is -0.379 e. The second kappa shape index (κ2) is 7.81. The van der Waals surface area contributed by atoms with Gasteiger partial charge in [-0.05, 0) is 49.7 Å². The number of alkyl halides is 2. The molecule has 3 aromatic rings. The Morgan fingerprint density at radius 2 is 2.00 bits per heavy atom. The van der Waals surface area contributed by atoms with E-state index in [0.717, 1.165) is 12.1 Å². The van der Waals surface area contributed by atoms with Crippen molar-refractivity contribution in [2.45, 2.75) is 30.2 Å². The summed E-state index contributed by atoms with van der Waals surface area (Å²) in [7, 11) is -2.17. The topological polar surface area (TPSA) is 85.2 Å². The Labute approximate surface area is 177 Å². The molecule has 0 amide bonds. The average Bonchev–Trinajstić information content (AvgIpc) is 3.25. The first kappa shape index (κ1) is 21.6. The number of ether oxygens (including phenoxy) is 1. The van der Waals surface area contributed by atoms with Gasteiger partial charge in [-0.3, -0.25) is 4.68 Å². The van der Waals surface area contributed by atoms with Crippen molar-refractivity contribution in [2.75, 3.05) is 18.5 Å². The Hall–Kier alpha value is -2.63. The number of hydrogen-bond acceptors (Lipinski definition) is 5. The highest BCUT2D eigenvalue weighted by atomic mass is 32.2. The zero-order valence-corrected chi connectivity index (χ0v) is 17.6. The Morgan fingerprint density at radius 3 is 2.68 bits per heavy atom. The predicted octanol–water partition coefficient (Wildman–Crippen LogP) is 3.85. The summed E-state index contributed by atoms with van der Waals surface area (Å²) in [6, 6.07) is 7.81. The lowest BCUT2D eigenvalue weighted by Gasteiger charge is -2.23. The van der Waals surface area contributed by atoms with Crippen LogP contribution >= 0.6 is 0 Å². The smallest absolute Gasteiger partial charge is 0.266 e. The van der Waals surface area contributed by atoms with Crippen molar-refractivity contribution in [3.05, 3.63) is 47.8 Å². The van der Waals surface area contributed by atoms with E-state index < -0.39 is 33.4 Å². The molecule has 1 saturated heterocycles. The summed E-state index contributed by atoms with van der Waals surface area (Å²) in [6.45, 7) is 2.54. The SMILES string of the molecule is Cn1nc(Nc2ccc(F)c(C(F)F)c2)c2cc(S(=O)(=O)NC3(C)CCOC3)ccc21. The van der Waals surface area contributed by atoms with Gasteiger partial charge in [0.2, 0.25) is 10.0 Å². The molecule has 2 N–H and O–H groups in total. The number of anilines is 2. The molecular weight excluding hydrogens is 433 g/mol. The van der Waals surface area contributed by atoms with Crippen LogP contribution in [0.5, 0.6) is 0 Å². The second-order valence-electron chi connectivity index (χ2n) is 7.78. The minimum absolute atomic E-state index is 0.0385. The predicted molar refractivity (Wildman–Crippen MR) is 110 cm³/mol. The van der Waals surface area contributed by atoms with E-state index in [1.165, 1.54) is 22.9 Å². The Kier molecular flexibility index (Phi) is 5.44. The summed E-state index contributed by atoms with van der Waals surface area (Å²) in [5.74, 6) is -0.743. The molecule has 2 aromatic carbocycles. The standard InChI is InChI=1S/C20H21F3N4O3S/c1-20(7-8-30-11-20)26-31(28,29)13-4-6-17-15(10-13)19(25-27(17)2)24-12-3-5-16(21)14(9-12)18(22)23/h3-6,9-10,18,26H,7-8,11H2,1-2H3,(H,24,25). The highest BCUT2D eigenvalue weighted by Crippen LogP contribution is 2.31. The molecule has 1 fully saturated rings. The number of hydrogen-bond donors (Lipinski definition) is 2. The number of sulfonamides is 1. The maximum absolute atomic E-state index is 13.6. The van der Waals surface area contributed by atoms with E-state index in [0.29, 0.717) is 23.9 Å². The number of aryl methyl sites for hydroxylation is 1. The van der Waals surface area contributed by atoms with E-state index in [-0.39, 0.29) is 23.0 Å². The highest BCUT2D eigenvalue weighted by molar-refractivity contribution is 7.89. The van der Waals surface area contributed by atoms with Crippen molar-refractivity contribution in [3.8, 4) is 0 Å². The van der Waals surface area contributed by atoms with Gasteiger partial charge in [-0.1, -0.05) is 0 Å². The van der Waals surface area contributed by atoms with Crippen LogP contribution in [0.2, 0.25) is 0 Å². The molecule has 4 rings (SSSR count). The molecule has 1 unspecified atom stereocenters. The van der Waals surface area contributed by atoms with Crippen molar-refractivity contribution in [1.82, 2.24) is 14.5 Å². The first-order chi connectivity index (χ1) is 14.6. The molecule has 166 valence electrons. The van der Waals surface area contributed by atoms with Gasteiger partial charge < -0.3 is 10.1 Å². The van der Waals surface area contributed by atoms with Crippen molar-refractivity contribution >= 4 is 32.4 Å². The van der Waals surface area contributed by atoms with E-state index in [1.54, 1.807) is 20.0 Å². The Morgan fingerprint density at radius 1 is 1.23 bits per heavy atom. The number of aromatic nitrogens is 2. The summed E-state index contributed by atoms with van der Waals surface area (Å²) in [6.07, 6.45) is -2.41. The number of fused-ring (bicyclic) bond motifs is 1. The number of halogens is 3. The van der Waals surface area contributed by atoms with Crippen molar-refractivity contribution in [2.24, 2.45) is 7.05 Å². The molecule has 11 heteroatoms. The molecule has 2 heterocycles. The molecule has 7 nitrogen and oxygen atoms in total. The van der Waals surface area contributed by atoms with Crippen LogP contribution in [0.15, 0.2) is 41.3 Å². The van der Waals surface area contributed by atoms with Gasteiger partial charge in [0.25, 0.3) is 6.43 Å². The van der Waals surface area contributed by atoms with Crippen LogP contribution in [-0.2, 0) is 21.8 Å². The molecule has 0 aliphatic carbocycles. The van der Waals surface area contributed by atoms with Gasteiger partial charge in [-0.2, -0.15) is 5.10 Å². The number of nitrogens with one attached hydrogen (secondary N) is 2. The Bertz CT molecular complexity index is 1240. The molecular formula is C20H21F3N4O3S. The quantitative estimate of drug-likeness (QED) is 0.591. The van der Waals surface area contributed by atoms with Crippen molar-refractivity contribution < 1.29 is 26.3 Å². The normalized spacial score (nSPS) is 19.4. The summed E-state index contributed by atoms with van der Waals surface area (Å²) in [4.78, 5) is 0.0385. The van der Waals surface area contributed by atoms with Gasteiger partial charge >= 0.3 is 0 Å². The van der Waals surface area contributed by atoms with Gasteiger partial charge in [-0.15, -0.1) is 0 Å². The zero-order valence-electron chi connectivity index (χ0n) is 16.8. The first-order valence-electron chi connectivity index (χ1n) is 9.51. The van der Waals surface area contributed by atoms with Crippen LogP contribution in [0.25, 0.3) is 10.9 Å². The molecule has 1 aliphatic heterocycles. The van der Waals surface area contributed by atoms with Gasteiger partial charge in [0.15, 0.2) is 5.82 Å². The number of benzene rings is 2. The summed E-state index contributed by atoms with van der Waals surface area (Å²) in [5.41, 5.74) is -0.583. The lowest BCUT2D eigenvalue weighted by Crippen LogP contribution is -2.46. The molecule has 0 saturated carbocycles. The lowest BCUT2D eigenvalue weighted by molar-refractivity contribution is 0.146. The molecule has 0 bridgehead atoms. The summed E-state index contributed by atoms with van der Waals surface area (Å²) >= 11 is 0. The van der Waals surface area contributed by atoms with Gasteiger partial charge in [-0.25, -0.2) is 26.3 Å². The third-order valence-corrected chi connectivity index (χ3v) is 6.86. The average molecular weight is 454 g/mol. The molecule has 0 radical (unpaired) electrons. The lowest BCUT2D eigenvalue weighted by atomic mass is 10.0. The van der Waals surface area contributed by atoms with Crippen LogP contribution in [-0.4, -0.2) is 37.0 Å². The van der Waals surface area contributed by atoms with E-state index in [1.807, 2.05) is 0 Å². The van der Waals surface area contributed by atoms with E-state index in [9.17, 15) is 21.6 Å². The molecule has 0 spiro atoms. The van der Waals surface area contributed by atoms with Crippen LogP contribution in [0.4, 0.5) is 24.7 Å². The molecule has 1 atom stereocenters. The second-order valence-corrected chi connectivity index (χ2v) is 9.46. The molecule has 1 aliphatic rings. The fourth-order valence-corrected chi connectivity index (χ4v) is 5.01. The highest BCUT2D eigenvalue weighted by Gasteiger charge is 2.34. The molecule has 1 aromatic heterocycles.